The number of fused-ring (bicyclic) bond motifs is 3. The van der Waals surface area contributed by atoms with E-state index in [4.69, 9.17) is 0 Å². The third kappa shape index (κ3) is 1.86. The van der Waals surface area contributed by atoms with E-state index in [0.717, 1.165) is 12.0 Å². The second-order valence-electron chi connectivity index (χ2n) is 4.74. The maximum absolute atomic E-state index is 3.48. The molecular weight excluding hydrogens is 189 g/mol. The Hall–Kier alpha value is -0.223. The summed E-state index contributed by atoms with van der Waals surface area (Å²) in [5.74, 6) is 0.773. The summed E-state index contributed by atoms with van der Waals surface area (Å²) >= 11 is 0. The fraction of sp³-hybridized carbons (Fsp3) is 0.571. The van der Waals surface area contributed by atoms with Crippen molar-refractivity contribution in [2.24, 2.45) is 0 Å². The van der Waals surface area contributed by atoms with Gasteiger partial charge in [-0.05, 0) is 31.8 Å². The van der Waals surface area contributed by atoms with Gasteiger partial charge in [0.2, 0.25) is 0 Å². The number of nitrogens with zero attached hydrogens (tertiary/aromatic N) is 1. The number of benzene rings is 1. The maximum atomic E-state index is 3.48. The summed E-state index contributed by atoms with van der Waals surface area (Å²) in [7, 11) is 0. The van der Waals surface area contributed by atoms with Gasteiger partial charge in [0.05, 0.1) is 0 Å². The molecule has 0 spiro atoms. The van der Waals surface area contributed by atoms with Crippen LogP contribution in [0.1, 0.15) is 36.8 Å². The van der Waals surface area contributed by atoms with E-state index in [9.17, 15) is 0 Å². The molecule has 0 amide bonds. The summed E-state index contributed by atoms with van der Waals surface area (Å²) in [6, 6.07) is 10.8. The van der Waals surface area contributed by atoms with Crippen molar-refractivity contribution in [1.29, 1.82) is 0 Å². The summed E-state index contributed by atoms with van der Waals surface area (Å²) in [6.07, 6.45) is 3.94. The van der Waals surface area contributed by atoms with E-state index in [1.54, 1.807) is 5.56 Å². The van der Waals surface area contributed by atoms with Gasteiger partial charge in [-0.1, -0.05) is 13.3 Å². The predicted molar refractivity (Wildman–Crippen MR) is 62.0 cm³/mol. The predicted octanol–water partition coefficient (Wildman–Crippen LogP) is -0.385. The van der Waals surface area contributed by atoms with Gasteiger partial charge in [0.15, 0.2) is 0 Å². The molecule has 2 atom stereocenters. The van der Waals surface area contributed by atoms with Crippen LogP contribution >= 0.6 is 0 Å². The topological polar surface area (TPSA) is 3.24 Å². The molecule has 1 nitrogen and oxygen atoms in total. The fourth-order valence-electron chi connectivity index (χ4n) is 3.38. The zero-order valence-corrected chi connectivity index (χ0v) is 10.4. The number of likely N-dealkylation sites (tertiary alicyclic amines) is 1. The molecule has 1 aliphatic heterocycles. The molecule has 0 bridgehead atoms. The Kier molecular flexibility index (Phi) is 3.80. The fourth-order valence-corrected chi connectivity index (χ4v) is 3.38. The Labute approximate surface area is 110 Å². The molecule has 2 aliphatic rings. The minimum atomic E-state index is 0. The smallest absolute Gasteiger partial charge is 0.300 e. The number of likely N-dealkylation sites (N-methyl/N-ethyl adjacent to an activating group) is 1. The van der Waals surface area contributed by atoms with Gasteiger partial charge in [-0.2, -0.15) is 35.4 Å². The molecule has 1 fully saturated rings. The largest absolute Gasteiger partial charge is 1.00 e. The zero-order valence-electron chi connectivity index (χ0n) is 10.4. The van der Waals surface area contributed by atoms with Crippen LogP contribution in [0.3, 0.4) is 0 Å². The van der Waals surface area contributed by atoms with Crippen LogP contribution < -0.4 is 18.9 Å². The molecule has 0 saturated carbocycles. The zero-order chi connectivity index (χ0) is 10.3. The van der Waals surface area contributed by atoms with E-state index < -0.39 is 0 Å². The molecule has 0 radical (unpaired) electrons. The molecule has 0 N–H and O–H groups in total. The van der Waals surface area contributed by atoms with E-state index in [1.165, 1.54) is 37.9 Å². The molecule has 0 aromatic heterocycles. The summed E-state index contributed by atoms with van der Waals surface area (Å²) in [5.41, 5.74) is 3.07. The van der Waals surface area contributed by atoms with E-state index in [1.807, 2.05) is 0 Å². The molecular formula is C14H18LiN. The summed E-state index contributed by atoms with van der Waals surface area (Å²) in [4.78, 5) is 2.65. The van der Waals surface area contributed by atoms with Crippen LogP contribution in [-0.4, -0.2) is 24.0 Å². The summed E-state index contributed by atoms with van der Waals surface area (Å²) in [5, 5.41) is 0. The van der Waals surface area contributed by atoms with Crippen LogP contribution in [0.4, 0.5) is 0 Å². The molecule has 1 aromatic carbocycles. The molecule has 1 saturated heterocycles. The van der Waals surface area contributed by atoms with Gasteiger partial charge in [-0.15, -0.1) is 0 Å². The first-order valence-corrected chi connectivity index (χ1v) is 6.13. The van der Waals surface area contributed by atoms with Gasteiger partial charge >= 0.3 is 18.9 Å². The van der Waals surface area contributed by atoms with Crippen LogP contribution in [0.2, 0.25) is 0 Å². The second kappa shape index (κ2) is 4.96. The first-order chi connectivity index (χ1) is 7.40. The number of hydrogen-bond acceptors (Lipinski definition) is 1. The number of aryl methyl sites for hydroxylation is 1. The molecule has 1 aliphatic carbocycles. The monoisotopic (exact) mass is 207 g/mol. The van der Waals surface area contributed by atoms with Crippen molar-refractivity contribution < 1.29 is 18.9 Å². The SMILES string of the molecule is CCN1CC[C@H]2c3[c-]cccc3CC[C@H]21.[Li+]. The molecule has 1 heterocycles. The first-order valence-electron chi connectivity index (χ1n) is 6.13. The normalized spacial score (nSPS) is 28.1. The van der Waals surface area contributed by atoms with Crippen LogP contribution in [-0.2, 0) is 6.42 Å². The minimum Gasteiger partial charge on any atom is -0.300 e. The van der Waals surface area contributed by atoms with Crippen LogP contribution in [0.15, 0.2) is 18.2 Å². The van der Waals surface area contributed by atoms with Crippen molar-refractivity contribution in [2.75, 3.05) is 13.1 Å². The van der Waals surface area contributed by atoms with E-state index in [0.29, 0.717) is 0 Å². The van der Waals surface area contributed by atoms with Gasteiger partial charge in [-0.25, -0.2) is 0 Å². The van der Waals surface area contributed by atoms with Gasteiger partial charge < -0.3 is 4.90 Å². The Morgan fingerprint density at radius 3 is 3.12 bits per heavy atom. The average molecular weight is 207 g/mol. The van der Waals surface area contributed by atoms with Crippen LogP contribution in [0.5, 0.6) is 0 Å². The third-order valence-corrected chi connectivity index (χ3v) is 4.13. The van der Waals surface area contributed by atoms with Crippen molar-refractivity contribution in [3.8, 4) is 0 Å². The first kappa shape index (κ1) is 12.2. The number of rotatable bonds is 1. The van der Waals surface area contributed by atoms with Gasteiger partial charge in [0.25, 0.3) is 0 Å². The van der Waals surface area contributed by atoms with Crippen LogP contribution in [0, 0.1) is 6.07 Å². The van der Waals surface area contributed by atoms with Crippen molar-refractivity contribution in [3.05, 3.63) is 35.4 Å². The number of hydrogen-bond donors (Lipinski definition) is 0. The Morgan fingerprint density at radius 2 is 2.31 bits per heavy atom. The summed E-state index contributed by atoms with van der Waals surface area (Å²) in [6.45, 7) is 4.78. The molecule has 2 heteroatoms. The van der Waals surface area contributed by atoms with Gasteiger partial charge in [0, 0.05) is 6.04 Å². The third-order valence-electron chi connectivity index (χ3n) is 4.13. The second-order valence-corrected chi connectivity index (χ2v) is 4.74. The van der Waals surface area contributed by atoms with Crippen LogP contribution in [0.25, 0.3) is 0 Å². The molecule has 0 unspecified atom stereocenters. The summed E-state index contributed by atoms with van der Waals surface area (Å²) < 4.78 is 0. The Balaban J connectivity index is 0.000000963. The van der Waals surface area contributed by atoms with Gasteiger partial charge in [-0.3, -0.25) is 0 Å². The van der Waals surface area contributed by atoms with E-state index in [2.05, 4.69) is 36.1 Å². The minimum absolute atomic E-state index is 0. The van der Waals surface area contributed by atoms with Crippen molar-refractivity contribution in [2.45, 2.75) is 38.1 Å². The van der Waals surface area contributed by atoms with Crippen molar-refractivity contribution >= 4 is 0 Å². The van der Waals surface area contributed by atoms with Gasteiger partial charge in [0.1, 0.15) is 0 Å². The Morgan fingerprint density at radius 1 is 1.44 bits per heavy atom. The molecule has 1 aromatic rings. The van der Waals surface area contributed by atoms with E-state index >= 15 is 0 Å². The standard InChI is InChI=1S/C14H18N.Li/c1-2-15-10-9-13-12-6-4-3-5-11(12)7-8-14(13)15;/h3-5,13-14H,2,7-10H2,1H3;/q-1;+1/t13-,14+;/m0./s1. The molecule has 80 valence electrons. The quantitative estimate of drug-likeness (QED) is 0.448. The average Bonchev–Trinajstić information content (AvgIpc) is 2.72. The van der Waals surface area contributed by atoms with Crippen molar-refractivity contribution in [1.82, 2.24) is 4.90 Å². The molecule has 16 heavy (non-hydrogen) atoms. The Bertz CT molecular complexity index is 364. The van der Waals surface area contributed by atoms with E-state index in [-0.39, 0.29) is 18.9 Å². The molecule has 3 rings (SSSR count). The van der Waals surface area contributed by atoms with Crippen molar-refractivity contribution in [3.63, 3.8) is 0 Å². The maximum Gasteiger partial charge on any atom is 1.00 e.